The number of hydrogen-bond acceptors (Lipinski definition) is 3. The average Bonchev–Trinajstić information content (AvgIpc) is 2.78. The second-order valence-electron chi connectivity index (χ2n) is 4.53. The SMILES string of the molecule is COCC1CCN(c2ccc(Cl)cc2CN)C1. The minimum atomic E-state index is 0.529. The Bertz CT molecular complexity index is 384. The summed E-state index contributed by atoms with van der Waals surface area (Å²) in [5.74, 6) is 0.626. The second kappa shape index (κ2) is 5.71. The molecule has 0 aliphatic carbocycles. The average molecular weight is 255 g/mol. The second-order valence-corrected chi connectivity index (χ2v) is 4.97. The third-order valence-electron chi connectivity index (χ3n) is 3.29. The fraction of sp³-hybridized carbons (Fsp3) is 0.538. The molecule has 17 heavy (non-hydrogen) atoms. The number of methoxy groups -OCH3 is 1. The Balaban J connectivity index is 2.12. The Labute approximate surface area is 107 Å². The maximum Gasteiger partial charge on any atom is 0.0508 e. The zero-order valence-electron chi connectivity index (χ0n) is 10.2. The maximum absolute atomic E-state index is 5.99. The van der Waals surface area contributed by atoms with Gasteiger partial charge in [0.15, 0.2) is 0 Å². The van der Waals surface area contributed by atoms with E-state index in [-0.39, 0.29) is 0 Å². The van der Waals surface area contributed by atoms with Crippen molar-refractivity contribution in [3.05, 3.63) is 28.8 Å². The highest BCUT2D eigenvalue weighted by atomic mass is 35.5. The van der Waals surface area contributed by atoms with Crippen molar-refractivity contribution < 1.29 is 4.74 Å². The number of halogens is 1. The molecule has 1 aliphatic heterocycles. The standard InChI is InChI=1S/C13H19ClN2O/c1-17-9-10-4-5-16(8-10)13-3-2-12(14)6-11(13)7-15/h2-3,6,10H,4-5,7-9,15H2,1H3. The molecule has 1 fully saturated rings. The van der Waals surface area contributed by atoms with Crippen molar-refractivity contribution in [3.63, 3.8) is 0 Å². The molecule has 1 saturated heterocycles. The largest absolute Gasteiger partial charge is 0.384 e. The van der Waals surface area contributed by atoms with Crippen molar-refractivity contribution in [2.24, 2.45) is 11.7 Å². The van der Waals surface area contributed by atoms with Gasteiger partial charge in [0.25, 0.3) is 0 Å². The van der Waals surface area contributed by atoms with Crippen molar-refractivity contribution in [1.82, 2.24) is 0 Å². The van der Waals surface area contributed by atoms with Gasteiger partial charge in [-0.1, -0.05) is 11.6 Å². The topological polar surface area (TPSA) is 38.5 Å². The lowest BCUT2D eigenvalue weighted by atomic mass is 10.1. The van der Waals surface area contributed by atoms with Gasteiger partial charge < -0.3 is 15.4 Å². The molecule has 94 valence electrons. The number of anilines is 1. The molecule has 1 aliphatic rings. The van der Waals surface area contributed by atoms with Crippen LogP contribution >= 0.6 is 11.6 Å². The molecule has 0 radical (unpaired) electrons. The van der Waals surface area contributed by atoms with Crippen LogP contribution in [-0.2, 0) is 11.3 Å². The van der Waals surface area contributed by atoms with E-state index in [4.69, 9.17) is 22.1 Å². The Morgan fingerprint density at radius 1 is 1.53 bits per heavy atom. The lowest BCUT2D eigenvalue weighted by Gasteiger charge is -2.22. The van der Waals surface area contributed by atoms with Crippen LogP contribution in [0.2, 0.25) is 5.02 Å². The maximum atomic E-state index is 5.99. The minimum Gasteiger partial charge on any atom is -0.384 e. The first kappa shape index (κ1) is 12.7. The Kier molecular flexibility index (Phi) is 4.26. The van der Waals surface area contributed by atoms with Crippen molar-refractivity contribution in [2.45, 2.75) is 13.0 Å². The summed E-state index contributed by atoms with van der Waals surface area (Å²) < 4.78 is 5.21. The van der Waals surface area contributed by atoms with E-state index in [2.05, 4.69) is 11.0 Å². The van der Waals surface area contributed by atoms with E-state index in [1.165, 1.54) is 12.1 Å². The summed E-state index contributed by atoms with van der Waals surface area (Å²) in [6.07, 6.45) is 1.18. The third kappa shape index (κ3) is 2.92. The first-order valence-corrected chi connectivity index (χ1v) is 6.34. The Morgan fingerprint density at radius 3 is 3.06 bits per heavy atom. The molecule has 1 aromatic carbocycles. The van der Waals surface area contributed by atoms with Crippen LogP contribution in [0.25, 0.3) is 0 Å². The molecule has 0 bridgehead atoms. The van der Waals surface area contributed by atoms with Gasteiger partial charge in [0.2, 0.25) is 0 Å². The Hall–Kier alpha value is -0.770. The van der Waals surface area contributed by atoms with Crippen LogP contribution in [0.5, 0.6) is 0 Å². The lowest BCUT2D eigenvalue weighted by molar-refractivity contribution is 0.161. The van der Waals surface area contributed by atoms with Gasteiger partial charge in [-0.05, 0) is 30.2 Å². The van der Waals surface area contributed by atoms with E-state index >= 15 is 0 Å². The fourth-order valence-electron chi connectivity index (χ4n) is 2.45. The summed E-state index contributed by atoms with van der Waals surface area (Å²) in [5, 5.41) is 0.752. The molecule has 2 rings (SSSR count). The molecule has 2 N–H and O–H groups in total. The molecular formula is C13H19ClN2O. The molecule has 1 unspecified atom stereocenters. The number of nitrogens with two attached hydrogens (primary N) is 1. The van der Waals surface area contributed by atoms with Gasteiger partial charge in [0.1, 0.15) is 0 Å². The van der Waals surface area contributed by atoms with Gasteiger partial charge in [-0.3, -0.25) is 0 Å². The molecule has 1 heterocycles. The highest BCUT2D eigenvalue weighted by molar-refractivity contribution is 6.30. The van der Waals surface area contributed by atoms with E-state index in [9.17, 15) is 0 Å². The summed E-state index contributed by atoms with van der Waals surface area (Å²) in [5.41, 5.74) is 8.11. The Morgan fingerprint density at radius 2 is 2.35 bits per heavy atom. The van der Waals surface area contributed by atoms with Crippen LogP contribution < -0.4 is 10.6 Å². The molecule has 0 aromatic heterocycles. The number of ether oxygens (including phenoxy) is 1. The predicted molar refractivity (Wildman–Crippen MR) is 71.5 cm³/mol. The number of hydrogen-bond donors (Lipinski definition) is 1. The molecule has 0 amide bonds. The summed E-state index contributed by atoms with van der Waals surface area (Å²) in [4.78, 5) is 2.38. The van der Waals surface area contributed by atoms with Crippen LogP contribution in [0.4, 0.5) is 5.69 Å². The summed E-state index contributed by atoms with van der Waals surface area (Å²) in [6.45, 7) is 3.48. The van der Waals surface area contributed by atoms with Crippen molar-refractivity contribution in [1.29, 1.82) is 0 Å². The van der Waals surface area contributed by atoms with Crippen LogP contribution in [-0.4, -0.2) is 26.8 Å². The molecule has 3 nitrogen and oxygen atoms in total. The van der Waals surface area contributed by atoms with Gasteiger partial charge in [-0.25, -0.2) is 0 Å². The molecule has 4 heteroatoms. The van der Waals surface area contributed by atoms with E-state index in [1.807, 2.05) is 12.1 Å². The van der Waals surface area contributed by atoms with Gasteiger partial charge >= 0.3 is 0 Å². The van der Waals surface area contributed by atoms with Crippen LogP contribution in [0.15, 0.2) is 18.2 Å². The third-order valence-corrected chi connectivity index (χ3v) is 3.53. The van der Waals surface area contributed by atoms with Crippen LogP contribution in [0, 0.1) is 5.92 Å². The molecule has 0 spiro atoms. The zero-order valence-corrected chi connectivity index (χ0v) is 10.9. The number of benzene rings is 1. The first-order valence-electron chi connectivity index (χ1n) is 5.97. The van der Waals surface area contributed by atoms with Crippen LogP contribution in [0.1, 0.15) is 12.0 Å². The van der Waals surface area contributed by atoms with Crippen molar-refractivity contribution in [2.75, 3.05) is 31.7 Å². The van der Waals surface area contributed by atoms with Crippen molar-refractivity contribution >= 4 is 17.3 Å². The highest BCUT2D eigenvalue weighted by Gasteiger charge is 2.23. The summed E-state index contributed by atoms with van der Waals surface area (Å²) in [7, 11) is 1.76. The van der Waals surface area contributed by atoms with Gasteiger partial charge in [0, 0.05) is 43.4 Å². The van der Waals surface area contributed by atoms with Gasteiger partial charge in [-0.15, -0.1) is 0 Å². The van der Waals surface area contributed by atoms with E-state index in [0.29, 0.717) is 12.5 Å². The van der Waals surface area contributed by atoms with E-state index in [1.54, 1.807) is 7.11 Å². The first-order chi connectivity index (χ1) is 8.24. The molecular weight excluding hydrogens is 236 g/mol. The normalized spacial score (nSPS) is 19.9. The zero-order chi connectivity index (χ0) is 12.3. The number of rotatable bonds is 4. The van der Waals surface area contributed by atoms with Gasteiger partial charge in [0.05, 0.1) is 6.61 Å². The summed E-state index contributed by atoms with van der Waals surface area (Å²) >= 11 is 5.99. The molecule has 0 saturated carbocycles. The minimum absolute atomic E-state index is 0.529. The summed E-state index contributed by atoms with van der Waals surface area (Å²) in [6, 6.07) is 5.96. The predicted octanol–water partition coefficient (Wildman–Crippen LogP) is 2.27. The quantitative estimate of drug-likeness (QED) is 0.896. The number of nitrogens with zero attached hydrogens (tertiary/aromatic N) is 1. The van der Waals surface area contributed by atoms with Gasteiger partial charge in [-0.2, -0.15) is 0 Å². The van der Waals surface area contributed by atoms with Crippen LogP contribution in [0.3, 0.4) is 0 Å². The highest BCUT2D eigenvalue weighted by Crippen LogP contribution is 2.29. The molecule has 1 atom stereocenters. The van der Waals surface area contributed by atoms with Crippen molar-refractivity contribution in [3.8, 4) is 0 Å². The van der Waals surface area contributed by atoms with E-state index in [0.717, 1.165) is 30.3 Å². The molecule has 1 aromatic rings. The fourth-order valence-corrected chi connectivity index (χ4v) is 2.64. The monoisotopic (exact) mass is 254 g/mol. The lowest BCUT2D eigenvalue weighted by Crippen LogP contribution is -2.22. The smallest absolute Gasteiger partial charge is 0.0508 e. The van der Waals surface area contributed by atoms with E-state index < -0.39 is 0 Å².